The number of ether oxygens (including phenoxy) is 1. The molecule has 1 N–H and O–H groups in total. The van der Waals surface area contributed by atoms with Crippen molar-refractivity contribution in [1.29, 1.82) is 0 Å². The van der Waals surface area contributed by atoms with E-state index in [2.05, 4.69) is 10.2 Å². The number of hydrogen-bond donors (Lipinski definition) is 1. The van der Waals surface area contributed by atoms with Crippen LogP contribution in [-0.4, -0.2) is 42.1 Å². The van der Waals surface area contributed by atoms with Crippen molar-refractivity contribution < 1.29 is 18.3 Å². The minimum absolute atomic E-state index is 0.0269. The van der Waals surface area contributed by atoms with Gasteiger partial charge in [0.1, 0.15) is 0 Å². The molecule has 0 bridgehead atoms. The Morgan fingerprint density at radius 3 is 2.71 bits per heavy atom. The van der Waals surface area contributed by atoms with Crippen LogP contribution in [0.25, 0.3) is 0 Å². The van der Waals surface area contributed by atoms with E-state index in [0.29, 0.717) is 13.1 Å². The van der Waals surface area contributed by atoms with Gasteiger partial charge in [0, 0.05) is 33.1 Å². The molecule has 1 spiro atoms. The second-order valence-corrected chi connectivity index (χ2v) is 6.92. The first-order valence-electron chi connectivity index (χ1n) is 8.54. The number of nitrogens with one attached hydrogen (secondary N) is 1. The second-order valence-electron chi connectivity index (χ2n) is 6.92. The van der Waals surface area contributed by atoms with Gasteiger partial charge < -0.3 is 10.1 Å². The molecule has 6 heteroatoms. The monoisotopic (exact) mass is 338 g/mol. The highest BCUT2D eigenvalue weighted by Crippen LogP contribution is 2.39. The number of halogens is 2. The number of hydrogen-bond acceptors (Lipinski definition) is 3. The average Bonchev–Trinajstić information content (AvgIpc) is 2.95. The molecule has 3 rings (SSSR count). The molecule has 132 valence electrons. The van der Waals surface area contributed by atoms with Gasteiger partial charge in [0.15, 0.2) is 11.6 Å². The summed E-state index contributed by atoms with van der Waals surface area (Å²) in [6.45, 7) is 4.48. The number of rotatable bonds is 4. The molecule has 2 heterocycles. The smallest absolute Gasteiger partial charge is 0.216 e. The molecule has 4 nitrogen and oxygen atoms in total. The predicted octanol–water partition coefficient (Wildman–Crippen LogP) is 2.61. The van der Waals surface area contributed by atoms with E-state index < -0.39 is 11.6 Å². The van der Waals surface area contributed by atoms with Gasteiger partial charge in [-0.1, -0.05) is 6.07 Å². The fraction of sp³-hybridized carbons (Fsp3) is 0.611. The summed E-state index contributed by atoms with van der Waals surface area (Å²) in [5.74, 6) is -1.62. The van der Waals surface area contributed by atoms with Gasteiger partial charge in [0.2, 0.25) is 5.91 Å². The minimum Gasteiger partial charge on any atom is -0.370 e. The number of amides is 1. The lowest BCUT2D eigenvalue weighted by Crippen LogP contribution is -2.44. The van der Waals surface area contributed by atoms with E-state index in [1.165, 1.54) is 19.1 Å². The molecule has 2 saturated heterocycles. The molecule has 2 aliphatic rings. The topological polar surface area (TPSA) is 41.6 Å². The molecular weight excluding hydrogens is 314 g/mol. The molecule has 1 aromatic rings. The highest BCUT2D eigenvalue weighted by Gasteiger charge is 2.42. The summed E-state index contributed by atoms with van der Waals surface area (Å²) in [5.41, 5.74) is 0.717. The van der Waals surface area contributed by atoms with Gasteiger partial charge in [0.05, 0.1) is 11.7 Å². The molecule has 1 aromatic carbocycles. The van der Waals surface area contributed by atoms with Crippen LogP contribution in [0.4, 0.5) is 8.78 Å². The van der Waals surface area contributed by atoms with Crippen LogP contribution in [-0.2, 0) is 16.1 Å². The van der Waals surface area contributed by atoms with Gasteiger partial charge in [-0.25, -0.2) is 8.78 Å². The molecule has 0 aromatic heterocycles. The molecule has 1 unspecified atom stereocenters. The van der Waals surface area contributed by atoms with Gasteiger partial charge in [0.25, 0.3) is 0 Å². The molecule has 2 fully saturated rings. The molecule has 1 atom stereocenters. The summed E-state index contributed by atoms with van der Waals surface area (Å²) >= 11 is 0. The first-order valence-corrected chi connectivity index (χ1v) is 8.54. The Hall–Kier alpha value is -1.53. The second kappa shape index (κ2) is 7.15. The van der Waals surface area contributed by atoms with Crippen LogP contribution in [0.5, 0.6) is 0 Å². The zero-order valence-corrected chi connectivity index (χ0v) is 14.0. The maximum atomic E-state index is 13.3. The molecule has 2 aliphatic heterocycles. The van der Waals surface area contributed by atoms with Crippen molar-refractivity contribution in [2.75, 3.05) is 19.6 Å². The van der Waals surface area contributed by atoms with E-state index in [0.717, 1.165) is 44.3 Å². The van der Waals surface area contributed by atoms with Crippen molar-refractivity contribution in [3.8, 4) is 0 Å². The highest BCUT2D eigenvalue weighted by molar-refractivity contribution is 5.72. The van der Waals surface area contributed by atoms with Crippen LogP contribution in [0.3, 0.4) is 0 Å². The third kappa shape index (κ3) is 4.11. The van der Waals surface area contributed by atoms with Gasteiger partial charge in [-0.2, -0.15) is 0 Å². The summed E-state index contributed by atoms with van der Waals surface area (Å²) in [6, 6.07) is 4.09. The largest absolute Gasteiger partial charge is 0.370 e. The van der Waals surface area contributed by atoms with Crippen LogP contribution in [0.1, 0.15) is 38.2 Å². The number of carbonyl (C=O) groups is 1. The van der Waals surface area contributed by atoms with Gasteiger partial charge in [-0.05, 0) is 43.4 Å². The Morgan fingerprint density at radius 2 is 2.04 bits per heavy atom. The molecule has 0 saturated carbocycles. The van der Waals surface area contributed by atoms with E-state index >= 15 is 0 Å². The standard InChI is InChI=1S/C18H24F2N2O2/c1-13(23)21-11-15-4-5-18(24-15)6-8-22(9-7-18)12-14-2-3-16(19)17(20)10-14/h2-3,10,15H,4-9,11-12H2,1H3,(H,21,23). The minimum atomic E-state index is -0.805. The van der Waals surface area contributed by atoms with Crippen molar-refractivity contribution in [1.82, 2.24) is 10.2 Å². The lowest BCUT2D eigenvalue weighted by Gasteiger charge is -2.39. The lowest BCUT2D eigenvalue weighted by molar-refractivity contribution is -0.120. The van der Waals surface area contributed by atoms with E-state index in [-0.39, 0.29) is 17.6 Å². The molecule has 0 aliphatic carbocycles. The van der Waals surface area contributed by atoms with Crippen molar-refractivity contribution in [2.45, 2.75) is 50.9 Å². The number of piperidine rings is 1. The van der Waals surface area contributed by atoms with Gasteiger partial charge in [-0.15, -0.1) is 0 Å². The van der Waals surface area contributed by atoms with Crippen LogP contribution in [0.2, 0.25) is 0 Å². The summed E-state index contributed by atoms with van der Waals surface area (Å²) < 4.78 is 32.5. The van der Waals surface area contributed by atoms with Gasteiger partial charge >= 0.3 is 0 Å². The van der Waals surface area contributed by atoms with Crippen molar-refractivity contribution in [3.63, 3.8) is 0 Å². The third-order valence-corrected chi connectivity index (χ3v) is 5.07. The van der Waals surface area contributed by atoms with E-state index in [1.54, 1.807) is 6.07 Å². The number of carbonyl (C=O) groups excluding carboxylic acids is 1. The average molecular weight is 338 g/mol. The summed E-state index contributed by atoms with van der Waals surface area (Å²) in [4.78, 5) is 13.3. The van der Waals surface area contributed by atoms with Crippen molar-refractivity contribution in [2.24, 2.45) is 0 Å². The zero-order valence-electron chi connectivity index (χ0n) is 14.0. The fourth-order valence-corrected chi connectivity index (χ4v) is 3.68. The number of nitrogens with zero attached hydrogens (tertiary/aromatic N) is 1. The van der Waals surface area contributed by atoms with Crippen molar-refractivity contribution >= 4 is 5.91 Å². The van der Waals surface area contributed by atoms with Crippen LogP contribution >= 0.6 is 0 Å². The first-order chi connectivity index (χ1) is 11.5. The maximum absolute atomic E-state index is 13.3. The Bertz CT molecular complexity index is 601. The van der Waals surface area contributed by atoms with E-state index in [1.807, 2.05) is 0 Å². The Morgan fingerprint density at radius 1 is 1.29 bits per heavy atom. The molecule has 1 amide bonds. The quantitative estimate of drug-likeness (QED) is 0.918. The molecule has 0 radical (unpaired) electrons. The highest BCUT2D eigenvalue weighted by atomic mass is 19.2. The van der Waals surface area contributed by atoms with Gasteiger partial charge in [-0.3, -0.25) is 9.69 Å². The van der Waals surface area contributed by atoms with Crippen LogP contribution in [0.15, 0.2) is 18.2 Å². The SMILES string of the molecule is CC(=O)NCC1CCC2(CCN(Cc3ccc(F)c(F)c3)CC2)O1. The fourth-order valence-electron chi connectivity index (χ4n) is 3.68. The predicted molar refractivity (Wildman–Crippen MR) is 86.4 cm³/mol. The molecule has 24 heavy (non-hydrogen) atoms. The summed E-state index contributed by atoms with van der Waals surface area (Å²) in [6.07, 6.45) is 3.98. The van der Waals surface area contributed by atoms with Crippen molar-refractivity contribution in [3.05, 3.63) is 35.4 Å². The number of likely N-dealkylation sites (tertiary alicyclic amines) is 1. The van der Waals surface area contributed by atoms with Crippen LogP contribution in [0, 0.1) is 11.6 Å². The Labute approximate surface area is 141 Å². The van der Waals surface area contributed by atoms with E-state index in [9.17, 15) is 13.6 Å². The Balaban J connectivity index is 1.49. The maximum Gasteiger partial charge on any atom is 0.216 e. The Kier molecular flexibility index (Phi) is 5.15. The van der Waals surface area contributed by atoms with E-state index in [4.69, 9.17) is 4.74 Å². The molecular formula is C18H24F2N2O2. The number of benzene rings is 1. The summed E-state index contributed by atoms with van der Waals surface area (Å²) in [5, 5.41) is 2.82. The first kappa shape index (κ1) is 17.3. The lowest BCUT2D eigenvalue weighted by atomic mass is 9.88. The third-order valence-electron chi connectivity index (χ3n) is 5.07. The zero-order chi connectivity index (χ0) is 17.2. The normalized spacial score (nSPS) is 23.5. The van der Waals surface area contributed by atoms with Crippen LogP contribution < -0.4 is 5.32 Å². The summed E-state index contributed by atoms with van der Waals surface area (Å²) in [7, 11) is 0.